The van der Waals surface area contributed by atoms with Gasteiger partial charge in [-0.05, 0) is 36.4 Å². The smallest absolute Gasteiger partial charge is 0.339 e. The summed E-state index contributed by atoms with van der Waals surface area (Å²) in [5.41, 5.74) is 3.81. The highest BCUT2D eigenvalue weighted by Gasteiger charge is 2.36. The molecule has 1 N–H and O–H groups in total. The summed E-state index contributed by atoms with van der Waals surface area (Å²) in [5.74, 6) is -1.56. The van der Waals surface area contributed by atoms with Crippen LogP contribution < -0.4 is 10.2 Å². The normalized spacial score (nSPS) is 15.1. The Labute approximate surface area is 211 Å². The molecule has 0 aliphatic carbocycles. The molecular weight excluding hydrogens is 476 g/mol. The van der Waals surface area contributed by atoms with Crippen LogP contribution in [0.2, 0.25) is 0 Å². The fourth-order valence-corrected chi connectivity index (χ4v) is 4.93. The minimum Gasteiger partial charge on any atom is -0.465 e. The summed E-state index contributed by atoms with van der Waals surface area (Å²) in [7, 11) is 1.29. The number of aromatic nitrogens is 2. The van der Waals surface area contributed by atoms with Gasteiger partial charge in [-0.3, -0.25) is 14.6 Å². The maximum atomic E-state index is 13.0. The maximum Gasteiger partial charge on any atom is 0.339 e. The molecule has 1 aliphatic rings. The average Bonchev–Trinajstić information content (AvgIpc) is 3.56. The Balaban J connectivity index is 1.30. The third-order valence-electron chi connectivity index (χ3n) is 5.91. The number of para-hydroxylation sites is 1. The maximum absolute atomic E-state index is 13.0. The molecule has 8 nitrogen and oxygen atoms in total. The van der Waals surface area contributed by atoms with Crippen LogP contribution in [0.3, 0.4) is 0 Å². The summed E-state index contributed by atoms with van der Waals surface area (Å²) in [6.45, 7) is 0.178. The second kappa shape index (κ2) is 10.1. The Bertz CT molecular complexity index is 1440. The largest absolute Gasteiger partial charge is 0.465 e. The van der Waals surface area contributed by atoms with Gasteiger partial charge in [0.15, 0.2) is 0 Å². The highest BCUT2D eigenvalue weighted by Crippen LogP contribution is 2.31. The number of carbonyl (C=O) groups excluding carboxylic acids is 3. The first-order valence-electron chi connectivity index (χ1n) is 11.3. The van der Waals surface area contributed by atoms with Crippen LogP contribution >= 0.6 is 11.3 Å². The van der Waals surface area contributed by atoms with E-state index in [9.17, 15) is 14.4 Å². The van der Waals surface area contributed by atoms with Crippen molar-refractivity contribution in [3.63, 3.8) is 0 Å². The molecule has 0 bridgehead atoms. The Morgan fingerprint density at radius 1 is 1.06 bits per heavy atom. The quantitative estimate of drug-likeness (QED) is 0.388. The molecule has 1 atom stereocenters. The highest BCUT2D eigenvalue weighted by molar-refractivity contribution is 7.13. The summed E-state index contributed by atoms with van der Waals surface area (Å²) < 4.78 is 4.84. The first kappa shape index (κ1) is 23.4. The number of thiazole rings is 1. The molecule has 0 radical (unpaired) electrons. The number of ether oxygens (including phenoxy) is 1. The van der Waals surface area contributed by atoms with Gasteiger partial charge in [0.1, 0.15) is 5.01 Å². The zero-order valence-corrected chi connectivity index (χ0v) is 20.2. The summed E-state index contributed by atoms with van der Waals surface area (Å²) >= 11 is 1.50. The molecule has 0 spiro atoms. The van der Waals surface area contributed by atoms with Crippen molar-refractivity contribution < 1.29 is 19.1 Å². The van der Waals surface area contributed by atoms with Crippen molar-refractivity contribution in [1.29, 1.82) is 0 Å². The van der Waals surface area contributed by atoms with E-state index in [4.69, 9.17) is 4.74 Å². The molecule has 180 valence electrons. The molecule has 3 heterocycles. The van der Waals surface area contributed by atoms with E-state index in [0.717, 1.165) is 22.0 Å². The van der Waals surface area contributed by atoms with Gasteiger partial charge in [-0.1, -0.05) is 30.3 Å². The first-order valence-corrected chi connectivity index (χ1v) is 12.2. The summed E-state index contributed by atoms with van der Waals surface area (Å²) in [4.78, 5) is 48.4. The molecule has 5 rings (SSSR count). The van der Waals surface area contributed by atoms with E-state index in [2.05, 4.69) is 15.3 Å². The summed E-state index contributed by atoms with van der Waals surface area (Å²) in [6, 6.07) is 19.9. The predicted octanol–water partition coefficient (Wildman–Crippen LogP) is 4.65. The van der Waals surface area contributed by atoms with Crippen LogP contribution in [0.4, 0.5) is 11.4 Å². The van der Waals surface area contributed by atoms with Gasteiger partial charge in [0.05, 0.1) is 35.7 Å². The van der Waals surface area contributed by atoms with Crippen LogP contribution in [-0.4, -0.2) is 41.4 Å². The zero-order valence-electron chi connectivity index (χ0n) is 19.4. The lowest BCUT2D eigenvalue weighted by atomic mass is 10.1. The number of methoxy groups -OCH3 is 1. The molecule has 2 amide bonds. The monoisotopic (exact) mass is 498 g/mol. The van der Waals surface area contributed by atoms with Gasteiger partial charge in [0, 0.05) is 35.8 Å². The van der Waals surface area contributed by atoms with Crippen molar-refractivity contribution in [3.8, 4) is 22.0 Å². The molecular formula is C27H22N4O4S. The average molecular weight is 499 g/mol. The summed E-state index contributed by atoms with van der Waals surface area (Å²) in [6.07, 6.45) is 1.79. The van der Waals surface area contributed by atoms with E-state index in [1.165, 1.54) is 23.3 Å². The second-order valence-electron chi connectivity index (χ2n) is 8.24. The third kappa shape index (κ3) is 4.73. The van der Waals surface area contributed by atoms with Crippen molar-refractivity contribution in [1.82, 2.24) is 9.97 Å². The van der Waals surface area contributed by atoms with Gasteiger partial charge in [-0.15, -0.1) is 11.3 Å². The number of rotatable bonds is 6. The van der Waals surface area contributed by atoms with Crippen LogP contribution in [0.15, 0.2) is 78.3 Å². The fourth-order valence-electron chi connectivity index (χ4n) is 4.12. The van der Waals surface area contributed by atoms with E-state index in [1.54, 1.807) is 36.5 Å². The fraction of sp³-hybridized carbons (Fsp3) is 0.148. The van der Waals surface area contributed by atoms with Crippen LogP contribution in [0.1, 0.15) is 16.8 Å². The molecule has 4 aromatic rings. The molecule has 9 heteroatoms. The number of hydrogen-bond donors (Lipinski definition) is 1. The van der Waals surface area contributed by atoms with Gasteiger partial charge >= 0.3 is 5.97 Å². The molecule has 1 unspecified atom stereocenters. The third-order valence-corrected chi connectivity index (χ3v) is 6.77. The molecule has 2 aromatic carbocycles. The van der Waals surface area contributed by atoms with Crippen LogP contribution in [-0.2, 0) is 14.3 Å². The highest BCUT2D eigenvalue weighted by atomic mass is 32.1. The number of anilines is 2. The van der Waals surface area contributed by atoms with Crippen molar-refractivity contribution >= 4 is 40.5 Å². The minimum atomic E-state index is -0.554. The Morgan fingerprint density at radius 3 is 2.69 bits per heavy atom. The Kier molecular flexibility index (Phi) is 6.55. The Hall–Kier alpha value is -4.37. The number of benzene rings is 2. The SMILES string of the molecule is COC(=O)c1ccccc1N1CC(C(=O)Nc2cccc(-c3csc(-c4ccccn4)n3)c2)CC1=O. The topological polar surface area (TPSA) is 101 Å². The number of esters is 1. The van der Waals surface area contributed by atoms with E-state index in [0.29, 0.717) is 11.4 Å². The molecule has 36 heavy (non-hydrogen) atoms. The van der Waals surface area contributed by atoms with Gasteiger partial charge in [-0.25, -0.2) is 9.78 Å². The molecule has 1 saturated heterocycles. The number of nitrogens with one attached hydrogen (secondary N) is 1. The number of carbonyl (C=O) groups is 3. The van der Waals surface area contributed by atoms with E-state index in [1.807, 2.05) is 41.8 Å². The van der Waals surface area contributed by atoms with Crippen LogP contribution in [0.25, 0.3) is 22.0 Å². The number of pyridine rings is 1. The van der Waals surface area contributed by atoms with Crippen molar-refractivity contribution in [2.24, 2.45) is 5.92 Å². The van der Waals surface area contributed by atoms with Gasteiger partial charge in [0.25, 0.3) is 0 Å². The zero-order chi connectivity index (χ0) is 25.1. The summed E-state index contributed by atoms with van der Waals surface area (Å²) in [5, 5.41) is 5.70. The van der Waals surface area contributed by atoms with Gasteiger partial charge < -0.3 is 15.0 Å². The first-order chi connectivity index (χ1) is 17.5. The number of hydrogen-bond acceptors (Lipinski definition) is 7. The standard InChI is InChI=1S/C27H22N4O4S/c1-35-27(34)20-9-2-3-11-23(20)31-15-18(14-24(31)32)25(33)29-19-8-6-7-17(13-19)22-16-36-26(30-22)21-10-4-5-12-28-21/h2-13,16,18H,14-15H2,1H3,(H,29,33). The van der Waals surface area contributed by atoms with Crippen molar-refractivity contribution in [2.75, 3.05) is 23.9 Å². The van der Waals surface area contributed by atoms with Gasteiger partial charge in [0.2, 0.25) is 11.8 Å². The van der Waals surface area contributed by atoms with Crippen LogP contribution in [0.5, 0.6) is 0 Å². The molecule has 1 aliphatic heterocycles. The number of nitrogens with zero attached hydrogens (tertiary/aromatic N) is 3. The predicted molar refractivity (Wildman–Crippen MR) is 138 cm³/mol. The lowest BCUT2D eigenvalue weighted by Gasteiger charge is -2.19. The second-order valence-corrected chi connectivity index (χ2v) is 9.10. The lowest BCUT2D eigenvalue weighted by Crippen LogP contribution is -2.29. The van der Waals surface area contributed by atoms with Crippen LogP contribution in [0, 0.1) is 5.92 Å². The lowest BCUT2D eigenvalue weighted by molar-refractivity contribution is -0.122. The van der Waals surface area contributed by atoms with E-state index in [-0.39, 0.29) is 30.3 Å². The van der Waals surface area contributed by atoms with E-state index >= 15 is 0 Å². The molecule has 0 saturated carbocycles. The van der Waals surface area contributed by atoms with Gasteiger partial charge in [-0.2, -0.15) is 0 Å². The Morgan fingerprint density at radius 2 is 1.89 bits per heavy atom. The minimum absolute atomic E-state index is 0.0561. The molecule has 1 fully saturated rings. The molecule has 2 aromatic heterocycles. The van der Waals surface area contributed by atoms with Crippen molar-refractivity contribution in [2.45, 2.75) is 6.42 Å². The van der Waals surface area contributed by atoms with Crippen molar-refractivity contribution in [3.05, 3.63) is 83.9 Å². The van der Waals surface area contributed by atoms with E-state index < -0.39 is 11.9 Å². The number of amides is 2.